The molecule has 2 aliphatic rings. The fourth-order valence-electron chi connectivity index (χ4n) is 2.41. The monoisotopic (exact) mass is 240 g/mol. The number of carbonyl (C=O) groups is 2. The maximum atomic E-state index is 11.5. The lowest BCUT2D eigenvalue weighted by Crippen LogP contribution is -2.45. The van der Waals surface area contributed by atoms with Crippen molar-refractivity contribution in [1.82, 2.24) is 10.6 Å². The molecule has 0 aromatic heterocycles. The first-order valence-corrected chi connectivity index (χ1v) is 6.46. The van der Waals surface area contributed by atoms with Gasteiger partial charge in [-0.3, -0.25) is 9.59 Å². The molecule has 2 amide bonds. The van der Waals surface area contributed by atoms with Crippen LogP contribution in [-0.4, -0.2) is 37.1 Å². The first-order chi connectivity index (χ1) is 8.25. The molecule has 1 aliphatic heterocycles. The predicted octanol–water partition coefficient (Wildman–Crippen LogP) is 0.340. The smallest absolute Gasteiger partial charge is 0.309 e. The van der Waals surface area contributed by atoms with E-state index >= 15 is 0 Å². The second-order valence-electron chi connectivity index (χ2n) is 4.80. The van der Waals surface area contributed by atoms with Crippen LogP contribution in [0.4, 0.5) is 0 Å². The molecule has 17 heavy (non-hydrogen) atoms. The molecule has 2 N–H and O–H groups in total. The summed E-state index contributed by atoms with van der Waals surface area (Å²) in [6, 6.07) is 0.191. The van der Waals surface area contributed by atoms with E-state index in [9.17, 15) is 9.59 Å². The Labute approximate surface area is 101 Å². The van der Waals surface area contributed by atoms with Crippen molar-refractivity contribution in [2.45, 2.75) is 50.7 Å². The van der Waals surface area contributed by atoms with Crippen LogP contribution in [0.1, 0.15) is 38.5 Å². The van der Waals surface area contributed by atoms with Gasteiger partial charge in [0.15, 0.2) is 0 Å². The summed E-state index contributed by atoms with van der Waals surface area (Å²) in [5, 5.41) is 5.38. The van der Waals surface area contributed by atoms with Gasteiger partial charge in [-0.2, -0.15) is 0 Å². The third-order valence-corrected chi connectivity index (χ3v) is 3.41. The van der Waals surface area contributed by atoms with Gasteiger partial charge in [0, 0.05) is 19.2 Å². The van der Waals surface area contributed by atoms with Gasteiger partial charge >= 0.3 is 11.8 Å². The molecular weight excluding hydrogens is 220 g/mol. The lowest BCUT2D eigenvalue weighted by molar-refractivity contribution is -0.139. The molecule has 1 aliphatic carbocycles. The van der Waals surface area contributed by atoms with Crippen LogP contribution in [-0.2, 0) is 14.3 Å². The van der Waals surface area contributed by atoms with E-state index in [-0.39, 0.29) is 12.1 Å². The Morgan fingerprint density at radius 3 is 2.47 bits per heavy atom. The van der Waals surface area contributed by atoms with Crippen LogP contribution in [0.15, 0.2) is 0 Å². The van der Waals surface area contributed by atoms with Gasteiger partial charge < -0.3 is 15.4 Å². The number of hydrogen-bond acceptors (Lipinski definition) is 3. The van der Waals surface area contributed by atoms with Crippen LogP contribution in [0.25, 0.3) is 0 Å². The third kappa shape index (κ3) is 3.70. The Bertz CT molecular complexity index is 281. The Kier molecular flexibility index (Phi) is 4.36. The fourth-order valence-corrected chi connectivity index (χ4v) is 2.41. The molecule has 0 aromatic rings. The average Bonchev–Trinajstić information content (AvgIpc) is 2.98. The molecule has 5 heteroatoms. The predicted molar refractivity (Wildman–Crippen MR) is 62.4 cm³/mol. The van der Waals surface area contributed by atoms with E-state index < -0.39 is 11.8 Å². The summed E-state index contributed by atoms with van der Waals surface area (Å²) in [4.78, 5) is 23.0. The maximum Gasteiger partial charge on any atom is 0.309 e. The van der Waals surface area contributed by atoms with Crippen molar-refractivity contribution in [3.63, 3.8) is 0 Å². The number of hydrogen-bond donors (Lipinski definition) is 2. The molecule has 0 bridgehead atoms. The first kappa shape index (κ1) is 12.4. The number of rotatable bonds is 3. The highest BCUT2D eigenvalue weighted by atomic mass is 16.5. The molecule has 1 heterocycles. The molecule has 2 rings (SSSR count). The Balaban J connectivity index is 1.65. The van der Waals surface area contributed by atoms with Crippen molar-refractivity contribution in [3.05, 3.63) is 0 Å². The van der Waals surface area contributed by atoms with Crippen molar-refractivity contribution in [2.75, 3.05) is 13.2 Å². The fraction of sp³-hybridized carbons (Fsp3) is 0.833. The van der Waals surface area contributed by atoms with Crippen molar-refractivity contribution in [3.8, 4) is 0 Å². The quantitative estimate of drug-likeness (QED) is 0.699. The van der Waals surface area contributed by atoms with E-state index in [2.05, 4.69) is 10.6 Å². The Morgan fingerprint density at radius 1 is 1.06 bits per heavy atom. The minimum absolute atomic E-state index is 0.0817. The van der Waals surface area contributed by atoms with E-state index in [4.69, 9.17) is 4.74 Å². The van der Waals surface area contributed by atoms with Crippen LogP contribution >= 0.6 is 0 Å². The lowest BCUT2D eigenvalue weighted by atomic mass is 10.2. The summed E-state index contributed by atoms with van der Waals surface area (Å²) >= 11 is 0. The van der Waals surface area contributed by atoms with Gasteiger partial charge in [-0.1, -0.05) is 12.8 Å². The lowest BCUT2D eigenvalue weighted by Gasteiger charge is -2.13. The molecule has 2 fully saturated rings. The standard InChI is InChI=1S/C12H20N2O3/c15-11(13-8-10-6-3-7-17-10)12(16)14-9-4-1-2-5-9/h9-10H,1-8H2,(H,13,15)(H,14,16)/t10-/m0/s1. The molecule has 0 unspecified atom stereocenters. The van der Waals surface area contributed by atoms with Gasteiger partial charge in [-0.15, -0.1) is 0 Å². The van der Waals surface area contributed by atoms with Gasteiger partial charge in [-0.25, -0.2) is 0 Å². The van der Waals surface area contributed by atoms with Crippen molar-refractivity contribution >= 4 is 11.8 Å². The molecule has 1 saturated heterocycles. The van der Waals surface area contributed by atoms with Crippen LogP contribution in [0, 0.1) is 0 Å². The second kappa shape index (κ2) is 6.00. The molecule has 0 spiro atoms. The van der Waals surface area contributed by atoms with E-state index in [0.29, 0.717) is 6.54 Å². The zero-order valence-corrected chi connectivity index (χ0v) is 10.0. The van der Waals surface area contributed by atoms with E-state index in [1.165, 1.54) is 0 Å². The molecule has 5 nitrogen and oxygen atoms in total. The molecule has 0 radical (unpaired) electrons. The summed E-state index contributed by atoms with van der Waals surface area (Å²) in [7, 11) is 0. The van der Waals surface area contributed by atoms with E-state index in [1.807, 2.05) is 0 Å². The summed E-state index contributed by atoms with van der Waals surface area (Å²) in [6.07, 6.45) is 6.35. The van der Waals surface area contributed by atoms with Gasteiger partial charge in [0.25, 0.3) is 0 Å². The highest BCUT2D eigenvalue weighted by molar-refractivity contribution is 6.35. The molecule has 1 atom stereocenters. The molecular formula is C12H20N2O3. The van der Waals surface area contributed by atoms with Gasteiger partial charge in [0.05, 0.1) is 6.10 Å². The Hall–Kier alpha value is -1.10. The zero-order chi connectivity index (χ0) is 12.1. The summed E-state index contributed by atoms with van der Waals surface area (Å²) < 4.78 is 5.37. The van der Waals surface area contributed by atoms with E-state index in [0.717, 1.165) is 45.1 Å². The van der Waals surface area contributed by atoms with Crippen molar-refractivity contribution in [1.29, 1.82) is 0 Å². The summed E-state index contributed by atoms with van der Waals surface area (Å²) in [6.45, 7) is 1.20. The SMILES string of the molecule is O=C(NC[C@@H]1CCCO1)C(=O)NC1CCCC1. The molecule has 96 valence electrons. The minimum atomic E-state index is -0.535. The molecule has 1 saturated carbocycles. The summed E-state index contributed by atoms with van der Waals surface area (Å²) in [5.41, 5.74) is 0. The van der Waals surface area contributed by atoms with E-state index in [1.54, 1.807) is 0 Å². The molecule has 0 aromatic carbocycles. The highest BCUT2D eigenvalue weighted by Gasteiger charge is 2.22. The number of amides is 2. The van der Waals surface area contributed by atoms with Crippen LogP contribution in [0.5, 0.6) is 0 Å². The number of nitrogens with one attached hydrogen (secondary N) is 2. The highest BCUT2D eigenvalue weighted by Crippen LogP contribution is 2.17. The third-order valence-electron chi connectivity index (χ3n) is 3.41. The zero-order valence-electron chi connectivity index (χ0n) is 10.0. The average molecular weight is 240 g/mol. The largest absolute Gasteiger partial charge is 0.376 e. The van der Waals surface area contributed by atoms with Gasteiger partial charge in [0.2, 0.25) is 0 Å². The van der Waals surface area contributed by atoms with Crippen molar-refractivity contribution in [2.24, 2.45) is 0 Å². The summed E-state index contributed by atoms with van der Waals surface area (Å²) in [5.74, 6) is -1.04. The Morgan fingerprint density at radius 2 is 1.82 bits per heavy atom. The second-order valence-corrected chi connectivity index (χ2v) is 4.80. The van der Waals surface area contributed by atoms with Gasteiger partial charge in [-0.05, 0) is 25.7 Å². The first-order valence-electron chi connectivity index (χ1n) is 6.46. The normalized spacial score (nSPS) is 24.8. The number of carbonyl (C=O) groups excluding carboxylic acids is 2. The van der Waals surface area contributed by atoms with Crippen LogP contribution in [0.3, 0.4) is 0 Å². The van der Waals surface area contributed by atoms with Crippen LogP contribution in [0.2, 0.25) is 0 Å². The number of ether oxygens (including phenoxy) is 1. The minimum Gasteiger partial charge on any atom is -0.376 e. The topological polar surface area (TPSA) is 67.4 Å². The van der Waals surface area contributed by atoms with Crippen molar-refractivity contribution < 1.29 is 14.3 Å². The maximum absolute atomic E-state index is 11.5. The van der Waals surface area contributed by atoms with Crippen LogP contribution < -0.4 is 10.6 Å². The van der Waals surface area contributed by atoms with Gasteiger partial charge in [0.1, 0.15) is 0 Å².